The highest BCUT2D eigenvalue weighted by Crippen LogP contribution is 2.28. The Morgan fingerprint density at radius 2 is 1.46 bits per heavy atom. The Hall–Kier alpha value is 0.331. The fourth-order valence-corrected chi connectivity index (χ4v) is 14.0. The zero-order chi connectivity index (χ0) is 26.0. The van der Waals surface area contributed by atoms with E-state index in [0.29, 0.717) is 25.0 Å². The van der Waals surface area contributed by atoms with Crippen molar-refractivity contribution in [1.82, 2.24) is 15.1 Å². The lowest BCUT2D eigenvalue weighted by atomic mass is 10.2. The lowest BCUT2D eigenvalue weighted by Gasteiger charge is -2.33. The molecule has 0 radical (unpaired) electrons. The number of piperazine rings is 1. The van der Waals surface area contributed by atoms with Gasteiger partial charge in [0.25, 0.3) is 0 Å². The van der Waals surface area contributed by atoms with E-state index < -0.39 is 17.4 Å². The van der Waals surface area contributed by atoms with Gasteiger partial charge < -0.3 is 37.2 Å². The van der Waals surface area contributed by atoms with Crippen LogP contribution in [0, 0.1) is 0 Å². The maximum atomic E-state index is 5.98. The number of likely N-dealkylation sites (N-methyl/N-ethyl adjacent to an activating group) is 1. The van der Waals surface area contributed by atoms with E-state index in [1.165, 1.54) is 58.4 Å². The van der Waals surface area contributed by atoms with Gasteiger partial charge in [-0.1, -0.05) is 19.3 Å². The number of hydrogen-bond acceptors (Lipinski definition) is 8. The SMILES string of the molecule is CCO[Si](CCCNC[SiH2]C(CCCCCN1CCN(C)CC1)[Si](C)(OC)OC)(OCC)OCC. The maximum absolute atomic E-state index is 5.98. The van der Waals surface area contributed by atoms with Gasteiger partial charge >= 0.3 is 17.4 Å². The molecule has 0 aromatic heterocycles. The van der Waals surface area contributed by atoms with Crippen LogP contribution in [0.1, 0.15) is 52.9 Å². The Labute approximate surface area is 221 Å². The molecular formula is C24H57N3O5Si3. The molecule has 35 heavy (non-hydrogen) atoms. The summed E-state index contributed by atoms with van der Waals surface area (Å²) < 4.78 is 29.9. The standard InChI is InChI=1S/C24H57N3O5Si3/c1-8-30-35(31-9-2,32-10-3)22-14-16-25-23-33-24(34(7,28-5)29-6)15-12-11-13-17-27-20-18-26(4)19-21-27/h24-25H,8-23,33H2,1-7H3. The summed E-state index contributed by atoms with van der Waals surface area (Å²) in [6.45, 7) is 17.3. The van der Waals surface area contributed by atoms with Crippen LogP contribution in [-0.2, 0) is 22.1 Å². The first-order valence-corrected chi connectivity index (χ1v) is 20.2. The topological polar surface area (TPSA) is 64.7 Å². The zero-order valence-electron chi connectivity index (χ0n) is 24.0. The third-order valence-corrected chi connectivity index (χ3v) is 18.7. The van der Waals surface area contributed by atoms with Gasteiger partial charge in [-0.05, 0) is 71.6 Å². The summed E-state index contributed by atoms with van der Waals surface area (Å²) in [5, 5.41) is 4.34. The van der Waals surface area contributed by atoms with Gasteiger partial charge in [-0.3, -0.25) is 0 Å². The van der Waals surface area contributed by atoms with Crippen LogP contribution in [0.3, 0.4) is 0 Å². The van der Waals surface area contributed by atoms with Gasteiger partial charge in [0, 0.05) is 75.8 Å². The third kappa shape index (κ3) is 13.1. The van der Waals surface area contributed by atoms with Crippen LogP contribution in [0.2, 0.25) is 17.8 Å². The van der Waals surface area contributed by atoms with Crippen LogP contribution < -0.4 is 5.32 Å². The molecule has 0 bridgehead atoms. The second-order valence-electron chi connectivity index (χ2n) is 9.74. The summed E-state index contributed by atoms with van der Waals surface area (Å²) in [5.74, 6) is 0. The fourth-order valence-electron chi connectivity index (χ4n) is 4.89. The lowest BCUT2D eigenvalue weighted by molar-refractivity contribution is 0.0708. The van der Waals surface area contributed by atoms with Crippen molar-refractivity contribution in [3.8, 4) is 0 Å². The highest BCUT2D eigenvalue weighted by molar-refractivity contribution is 6.77. The molecule has 1 N–H and O–H groups in total. The highest BCUT2D eigenvalue weighted by Gasteiger charge is 2.40. The molecule has 1 atom stereocenters. The van der Waals surface area contributed by atoms with Crippen LogP contribution in [0.15, 0.2) is 0 Å². The van der Waals surface area contributed by atoms with Crippen LogP contribution in [0.5, 0.6) is 0 Å². The molecule has 0 saturated carbocycles. The van der Waals surface area contributed by atoms with Gasteiger partial charge in [-0.2, -0.15) is 0 Å². The Kier molecular flexibility index (Phi) is 18.5. The summed E-state index contributed by atoms with van der Waals surface area (Å²) in [6, 6.07) is 0.871. The van der Waals surface area contributed by atoms with E-state index in [0.717, 1.165) is 25.2 Å². The quantitative estimate of drug-likeness (QED) is 0.163. The molecule has 1 rings (SSSR count). The average Bonchev–Trinajstić information content (AvgIpc) is 2.85. The van der Waals surface area contributed by atoms with Crippen LogP contribution in [0.4, 0.5) is 0 Å². The van der Waals surface area contributed by atoms with Crippen molar-refractivity contribution in [2.24, 2.45) is 0 Å². The lowest BCUT2D eigenvalue weighted by Crippen LogP contribution is -2.47. The molecular weight excluding hydrogens is 495 g/mol. The summed E-state index contributed by atoms with van der Waals surface area (Å²) in [4.78, 5) is 5.05. The molecule has 8 nitrogen and oxygen atoms in total. The summed E-state index contributed by atoms with van der Waals surface area (Å²) in [7, 11) is 0.930. The number of hydrogen-bond donors (Lipinski definition) is 1. The second-order valence-corrected chi connectivity index (χ2v) is 19.0. The smallest absolute Gasteiger partial charge is 0.398 e. The number of nitrogens with one attached hydrogen (secondary N) is 1. The first-order valence-electron chi connectivity index (χ1n) is 14.0. The molecule has 11 heteroatoms. The van der Waals surface area contributed by atoms with Crippen LogP contribution in [0.25, 0.3) is 0 Å². The van der Waals surface area contributed by atoms with Crippen molar-refractivity contribution in [1.29, 1.82) is 0 Å². The van der Waals surface area contributed by atoms with Crippen molar-refractivity contribution in [3.05, 3.63) is 0 Å². The van der Waals surface area contributed by atoms with Crippen molar-refractivity contribution in [2.75, 3.05) is 86.5 Å². The summed E-state index contributed by atoms with van der Waals surface area (Å²) in [5.41, 5.74) is 0. The first-order chi connectivity index (χ1) is 16.9. The average molecular weight is 552 g/mol. The second kappa shape index (κ2) is 19.4. The van der Waals surface area contributed by atoms with Gasteiger partial charge in [-0.15, -0.1) is 0 Å². The van der Waals surface area contributed by atoms with Crippen molar-refractivity contribution >= 4 is 26.9 Å². The minimum atomic E-state index is -2.53. The predicted molar refractivity (Wildman–Crippen MR) is 153 cm³/mol. The molecule has 1 heterocycles. The molecule has 0 aromatic carbocycles. The molecule has 1 aliphatic heterocycles. The minimum Gasteiger partial charge on any atom is -0.398 e. The van der Waals surface area contributed by atoms with Gasteiger partial charge in [0.15, 0.2) is 0 Å². The molecule has 0 spiro atoms. The predicted octanol–water partition coefficient (Wildman–Crippen LogP) is 2.64. The number of unbranched alkanes of at least 4 members (excludes halogenated alkanes) is 2. The highest BCUT2D eigenvalue weighted by atomic mass is 28.4. The van der Waals surface area contributed by atoms with E-state index in [1.54, 1.807) is 0 Å². The van der Waals surface area contributed by atoms with Crippen molar-refractivity contribution in [2.45, 2.75) is 70.6 Å². The fraction of sp³-hybridized carbons (Fsp3) is 1.00. The van der Waals surface area contributed by atoms with Crippen LogP contribution in [-0.4, -0.2) is 123 Å². The largest absolute Gasteiger partial charge is 0.500 e. The molecule has 210 valence electrons. The van der Waals surface area contributed by atoms with Gasteiger partial charge in [0.2, 0.25) is 0 Å². The van der Waals surface area contributed by atoms with Crippen molar-refractivity contribution in [3.63, 3.8) is 0 Å². The van der Waals surface area contributed by atoms with Gasteiger partial charge in [-0.25, -0.2) is 0 Å². The van der Waals surface area contributed by atoms with E-state index in [2.05, 4.69) is 28.7 Å². The summed E-state index contributed by atoms with van der Waals surface area (Å²) >= 11 is 0. The Balaban J connectivity index is 2.37. The first kappa shape index (κ1) is 33.4. The molecule has 1 aliphatic rings. The molecule has 0 aliphatic carbocycles. The number of rotatable bonds is 22. The third-order valence-electron chi connectivity index (χ3n) is 7.27. The van der Waals surface area contributed by atoms with Crippen molar-refractivity contribution < 1.29 is 22.1 Å². The Bertz CT molecular complexity index is 496. The minimum absolute atomic E-state index is 0.349. The van der Waals surface area contributed by atoms with E-state index in [4.69, 9.17) is 22.1 Å². The molecule has 1 unspecified atom stereocenters. The van der Waals surface area contributed by atoms with E-state index in [9.17, 15) is 0 Å². The number of nitrogens with zero attached hydrogens (tertiary/aromatic N) is 2. The molecule has 1 fully saturated rings. The summed E-state index contributed by atoms with van der Waals surface area (Å²) in [6.07, 6.45) is 7.28. The maximum Gasteiger partial charge on any atom is 0.500 e. The van der Waals surface area contributed by atoms with E-state index in [-0.39, 0.29) is 9.52 Å². The monoisotopic (exact) mass is 551 g/mol. The Morgan fingerprint density at radius 1 is 0.857 bits per heavy atom. The van der Waals surface area contributed by atoms with E-state index in [1.807, 2.05) is 35.0 Å². The van der Waals surface area contributed by atoms with Crippen LogP contribution >= 0.6 is 0 Å². The van der Waals surface area contributed by atoms with Gasteiger partial charge in [0.1, 0.15) is 0 Å². The normalized spacial score (nSPS) is 17.6. The molecule has 0 aromatic rings. The van der Waals surface area contributed by atoms with E-state index >= 15 is 0 Å². The zero-order valence-corrected chi connectivity index (χ0v) is 27.4. The molecule has 1 saturated heterocycles. The van der Waals surface area contributed by atoms with Gasteiger partial charge in [0.05, 0.1) is 0 Å². The Morgan fingerprint density at radius 3 is 2.00 bits per heavy atom. The molecule has 0 amide bonds.